The van der Waals surface area contributed by atoms with Crippen LogP contribution in [-0.2, 0) is 11.3 Å². The highest BCUT2D eigenvalue weighted by molar-refractivity contribution is 5.20. The number of aromatic hydroxyl groups is 1. The zero-order chi connectivity index (χ0) is 13.5. The first-order valence-corrected chi connectivity index (χ1v) is 6.18. The molecule has 1 rings (SSSR count). The zero-order valence-electron chi connectivity index (χ0n) is 10.9. The van der Waals surface area contributed by atoms with Crippen molar-refractivity contribution < 1.29 is 9.84 Å². The summed E-state index contributed by atoms with van der Waals surface area (Å²) in [7, 11) is 0. The summed E-state index contributed by atoms with van der Waals surface area (Å²) in [6, 6.07) is 0. The number of unbranched alkanes of at least 4 members (excludes halogenated alkanes) is 1. The molecule has 1 aromatic rings. The summed E-state index contributed by atoms with van der Waals surface area (Å²) >= 11 is 0. The van der Waals surface area contributed by atoms with Gasteiger partial charge in [0.05, 0.1) is 5.56 Å². The van der Waals surface area contributed by atoms with Crippen molar-refractivity contribution in [1.29, 1.82) is 0 Å². The molecule has 0 aliphatic carbocycles. The Bertz CT molecular complexity index is 490. The Morgan fingerprint density at radius 3 is 2.61 bits per heavy atom. The van der Waals surface area contributed by atoms with E-state index < -0.39 is 11.2 Å². The molecule has 6 nitrogen and oxygen atoms in total. The average molecular weight is 256 g/mol. The minimum Gasteiger partial charge on any atom is -0.494 e. The first-order chi connectivity index (χ1) is 8.57. The van der Waals surface area contributed by atoms with Gasteiger partial charge in [0.1, 0.15) is 0 Å². The van der Waals surface area contributed by atoms with Gasteiger partial charge in [-0.25, -0.2) is 4.79 Å². The van der Waals surface area contributed by atoms with Crippen LogP contribution < -0.4 is 11.2 Å². The van der Waals surface area contributed by atoms with Crippen molar-refractivity contribution in [2.45, 2.75) is 39.7 Å². The summed E-state index contributed by atoms with van der Waals surface area (Å²) in [5.41, 5.74) is -0.980. The number of hydrogen-bond donors (Lipinski definition) is 2. The molecule has 18 heavy (non-hydrogen) atoms. The molecule has 0 atom stereocenters. The Morgan fingerprint density at radius 2 is 1.94 bits per heavy atom. The van der Waals surface area contributed by atoms with Crippen molar-refractivity contribution in [2.75, 3.05) is 13.2 Å². The van der Waals surface area contributed by atoms with E-state index in [1.54, 1.807) is 0 Å². The van der Waals surface area contributed by atoms with Crippen LogP contribution in [-0.4, -0.2) is 27.9 Å². The minimum absolute atomic E-state index is 0.154. The van der Waals surface area contributed by atoms with E-state index in [0.29, 0.717) is 26.2 Å². The summed E-state index contributed by atoms with van der Waals surface area (Å²) in [6.07, 6.45) is 2.71. The molecule has 0 spiro atoms. The van der Waals surface area contributed by atoms with E-state index in [0.717, 1.165) is 17.4 Å². The number of aromatic nitrogens is 2. The van der Waals surface area contributed by atoms with Gasteiger partial charge in [-0.2, -0.15) is 0 Å². The highest BCUT2D eigenvalue weighted by Crippen LogP contribution is 2.08. The predicted molar refractivity (Wildman–Crippen MR) is 68.1 cm³/mol. The van der Waals surface area contributed by atoms with Crippen LogP contribution >= 0.6 is 0 Å². The number of hydrogen-bond acceptors (Lipinski definition) is 4. The van der Waals surface area contributed by atoms with Crippen LogP contribution in [0.2, 0.25) is 0 Å². The third-order valence-electron chi connectivity index (χ3n) is 2.71. The SMILES string of the molecule is CCCCOCCCn1c(O)c(C)c(=O)[nH]c1=O. The molecule has 6 heteroatoms. The van der Waals surface area contributed by atoms with Gasteiger partial charge in [-0.1, -0.05) is 13.3 Å². The molecule has 0 saturated heterocycles. The van der Waals surface area contributed by atoms with Crippen molar-refractivity contribution in [3.8, 4) is 5.88 Å². The molecule has 0 aliphatic rings. The molecule has 0 radical (unpaired) electrons. The van der Waals surface area contributed by atoms with Gasteiger partial charge in [-0.15, -0.1) is 0 Å². The van der Waals surface area contributed by atoms with E-state index in [2.05, 4.69) is 11.9 Å². The fourth-order valence-electron chi connectivity index (χ4n) is 1.54. The van der Waals surface area contributed by atoms with Crippen molar-refractivity contribution in [3.63, 3.8) is 0 Å². The second kappa shape index (κ2) is 7.00. The van der Waals surface area contributed by atoms with Crippen molar-refractivity contribution in [3.05, 3.63) is 26.4 Å². The van der Waals surface area contributed by atoms with Gasteiger partial charge in [-0.05, 0) is 19.8 Å². The molecule has 2 N–H and O–H groups in total. The Morgan fingerprint density at radius 1 is 1.28 bits per heavy atom. The summed E-state index contributed by atoms with van der Waals surface area (Å²) in [6.45, 7) is 5.13. The van der Waals surface area contributed by atoms with E-state index in [4.69, 9.17) is 4.74 Å². The smallest absolute Gasteiger partial charge is 0.331 e. The second-order valence-electron chi connectivity index (χ2n) is 4.18. The lowest BCUT2D eigenvalue weighted by Crippen LogP contribution is -2.31. The van der Waals surface area contributed by atoms with Crippen LogP contribution in [0.4, 0.5) is 0 Å². The summed E-state index contributed by atoms with van der Waals surface area (Å²) < 4.78 is 6.51. The Kier molecular flexibility index (Phi) is 5.64. The van der Waals surface area contributed by atoms with Crippen LogP contribution in [0.25, 0.3) is 0 Å². The second-order valence-corrected chi connectivity index (χ2v) is 4.18. The number of H-pyrrole nitrogens is 1. The molecule has 0 amide bonds. The van der Waals surface area contributed by atoms with Crippen LogP contribution in [0.1, 0.15) is 31.7 Å². The fourth-order valence-corrected chi connectivity index (χ4v) is 1.54. The lowest BCUT2D eigenvalue weighted by atomic mass is 10.3. The van der Waals surface area contributed by atoms with Gasteiger partial charge in [-0.3, -0.25) is 14.3 Å². The van der Waals surface area contributed by atoms with Crippen LogP contribution in [0.15, 0.2) is 9.59 Å². The molecule has 0 bridgehead atoms. The molecule has 0 fully saturated rings. The maximum Gasteiger partial charge on any atom is 0.331 e. The molecule has 0 saturated carbocycles. The molecule has 1 heterocycles. The van der Waals surface area contributed by atoms with E-state index >= 15 is 0 Å². The van der Waals surface area contributed by atoms with E-state index in [-0.39, 0.29) is 11.4 Å². The molecule has 0 aliphatic heterocycles. The van der Waals surface area contributed by atoms with E-state index in [9.17, 15) is 14.7 Å². The van der Waals surface area contributed by atoms with E-state index in [1.807, 2.05) is 0 Å². The van der Waals surface area contributed by atoms with Gasteiger partial charge in [0, 0.05) is 19.8 Å². The quantitative estimate of drug-likeness (QED) is 0.705. The minimum atomic E-state index is -0.586. The lowest BCUT2D eigenvalue weighted by Gasteiger charge is -2.09. The van der Waals surface area contributed by atoms with Gasteiger partial charge in [0.2, 0.25) is 5.88 Å². The van der Waals surface area contributed by atoms with Crippen molar-refractivity contribution in [2.24, 2.45) is 0 Å². The lowest BCUT2D eigenvalue weighted by molar-refractivity contribution is 0.125. The van der Waals surface area contributed by atoms with Gasteiger partial charge < -0.3 is 9.84 Å². The van der Waals surface area contributed by atoms with Crippen molar-refractivity contribution in [1.82, 2.24) is 9.55 Å². The zero-order valence-corrected chi connectivity index (χ0v) is 10.9. The number of rotatable bonds is 7. The maximum atomic E-state index is 11.5. The molecular formula is C12H20N2O4. The molecule has 0 aromatic carbocycles. The van der Waals surface area contributed by atoms with Gasteiger partial charge in [0.25, 0.3) is 5.56 Å². The average Bonchev–Trinajstić information content (AvgIpc) is 2.34. The first kappa shape index (κ1) is 14.5. The number of nitrogens with zero attached hydrogens (tertiary/aromatic N) is 1. The topological polar surface area (TPSA) is 84.3 Å². The Hall–Kier alpha value is -1.56. The number of nitrogens with one attached hydrogen (secondary N) is 1. The molecule has 0 unspecified atom stereocenters. The monoisotopic (exact) mass is 256 g/mol. The molecule has 1 aromatic heterocycles. The highest BCUT2D eigenvalue weighted by Gasteiger charge is 2.09. The third-order valence-corrected chi connectivity index (χ3v) is 2.71. The summed E-state index contributed by atoms with van der Waals surface area (Å²) in [5.74, 6) is -0.266. The number of aromatic amines is 1. The standard InChI is InChI=1S/C12H20N2O4/c1-3-4-7-18-8-5-6-14-11(16)9(2)10(15)13-12(14)17/h16H,3-8H2,1-2H3,(H,13,15,17). The summed E-state index contributed by atoms with van der Waals surface area (Å²) in [4.78, 5) is 24.9. The van der Waals surface area contributed by atoms with Gasteiger partial charge in [0.15, 0.2) is 0 Å². The molecular weight excluding hydrogens is 236 g/mol. The Balaban J connectivity index is 2.55. The highest BCUT2D eigenvalue weighted by atomic mass is 16.5. The molecule has 102 valence electrons. The van der Waals surface area contributed by atoms with Crippen LogP contribution in [0.5, 0.6) is 5.88 Å². The van der Waals surface area contributed by atoms with Crippen LogP contribution in [0.3, 0.4) is 0 Å². The van der Waals surface area contributed by atoms with Crippen molar-refractivity contribution >= 4 is 0 Å². The predicted octanol–water partition coefficient (Wildman–Crippen LogP) is 0.757. The largest absolute Gasteiger partial charge is 0.494 e. The third kappa shape index (κ3) is 3.73. The Labute approximate surface area is 105 Å². The normalized spacial score (nSPS) is 10.8. The van der Waals surface area contributed by atoms with Crippen LogP contribution in [0, 0.1) is 6.92 Å². The van der Waals surface area contributed by atoms with E-state index in [1.165, 1.54) is 6.92 Å². The first-order valence-electron chi connectivity index (χ1n) is 6.18. The fraction of sp³-hybridized carbons (Fsp3) is 0.667. The van der Waals surface area contributed by atoms with Gasteiger partial charge >= 0.3 is 5.69 Å². The number of ether oxygens (including phenoxy) is 1. The summed E-state index contributed by atoms with van der Waals surface area (Å²) in [5, 5.41) is 9.70. The maximum absolute atomic E-state index is 11.5.